The second-order valence-electron chi connectivity index (χ2n) is 6.31. The van der Waals surface area contributed by atoms with Gasteiger partial charge >= 0.3 is 0 Å². The van der Waals surface area contributed by atoms with Gasteiger partial charge in [-0.05, 0) is 23.8 Å². The molecule has 0 spiro atoms. The molecule has 0 bridgehead atoms. The van der Waals surface area contributed by atoms with Crippen molar-refractivity contribution >= 4 is 34.5 Å². The zero-order valence-corrected chi connectivity index (χ0v) is 16.5. The predicted octanol–water partition coefficient (Wildman–Crippen LogP) is 6.31. The van der Waals surface area contributed by atoms with Crippen molar-refractivity contribution in [1.29, 1.82) is 0 Å². The lowest BCUT2D eigenvalue weighted by Gasteiger charge is -2.07. The Morgan fingerprint density at radius 3 is 2.57 bits per heavy atom. The highest BCUT2D eigenvalue weighted by atomic mass is 35.5. The van der Waals surface area contributed by atoms with Crippen LogP contribution in [0, 0.1) is 0 Å². The number of rotatable bonds is 5. The molecule has 0 aliphatic rings. The summed E-state index contributed by atoms with van der Waals surface area (Å²) in [5.41, 5.74) is 4.48. The van der Waals surface area contributed by atoms with Crippen LogP contribution in [0.2, 0.25) is 5.02 Å². The van der Waals surface area contributed by atoms with Crippen molar-refractivity contribution in [1.82, 2.24) is 4.98 Å². The van der Waals surface area contributed by atoms with Crippen molar-refractivity contribution in [3.05, 3.63) is 94.8 Å². The predicted molar refractivity (Wildman–Crippen MR) is 117 cm³/mol. The smallest absolute Gasteiger partial charge is 0.228 e. The first kappa shape index (κ1) is 18.4. The molecule has 0 saturated carbocycles. The van der Waals surface area contributed by atoms with E-state index in [4.69, 9.17) is 16.6 Å². The van der Waals surface area contributed by atoms with Crippen LogP contribution in [0.15, 0.2) is 84.2 Å². The maximum absolute atomic E-state index is 12.3. The SMILES string of the molecule is O=C(Cc1ccccc1)Nc1cccc(-c2csc(-c3ccccc3Cl)n2)c1. The molecule has 1 aromatic heterocycles. The lowest BCUT2D eigenvalue weighted by atomic mass is 10.1. The number of anilines is 1. The van der Waals surface area contributed by atoms with Gasteiger partial charge in [-0.3, -0.25) is 4.79 Å². The van der Waals surface area contributed by atoms with Gasteiger partial charge in [-0.1, -0.05) is 72.3 Å². The quantitative estimate of drug-likeness (QED) is 0.423. The lowest BCUT2D eigenvalue weighted by molar-refractivity contribution is -0.115. The van der Waals surface area contributed by atoms with E-state index in [1.165, 1.54) is 0 Å². The van der Waals surface area contributed by atoms with Gasteiger partial charge < -0.3 is 5.32 Å². The van der Waals surface area contributed by atoms with Crippen LogP contribution in [-0.4, -0.2) is 10.9 Å². The molecule has 1 amide bonds. The van der Waals surface area contributed by atoms with E-state index < -0.39 is 0 Å². The van der Waals surface area contributed by atoms with Crippen molar-refractivity contribution in [2.45, 2.75) is 6.42 Å². The van der Waals surface area contributed by atoms with E-state index in [1.807, 2.05) is 84.2 Å². The van der Waals surface area contributed by atoms with Gasteiger partial charge in [0.05, 0.1) is 17.1 Å². The van der Waals surface area contributed by atoms with E-state index in [0.717, 1.165) is 33.1 Å². The number of hydrogen-bond donors (Lipinski definition) is 1. The summed E-state index contributed by atoms with van der Waals surface area (Å²) in [4.78, 5) is 17.0. The number of nitrogens with zero attached hydrogens (tertiary/aromatic N) is 1. The van der Waals surface area contributed by atoms with Gasteiger partial charge in [0.15, 0.2) is 0 Å². The van der Waals surface area contributed by atoms with Crippen LogP contribution < -0.4 is 5.32 Å². The molecule has 0 atom stereocenters. The minimum Gasteiger partial charge on any atom is -0.326 e. The number of carbonyl (C=O) groups excluding carboxylic acids is 1. The van der Waals surface area contributed by atoms with E-state index >= 15 is 0 Å². The third-order valence-electron chi connectivity index (χ3n) is 4.26. The van der Waals surface area contributed by atoms with Crippen LogP contribution in [0.3, 0.4) is 0 Å². The highest BCUT2D eigenvalue weighted by Gasteiger charge is 2.10. The summed E-state index contributed by atoms with van der Waals surface area (Å²) in [5, 5.41) is 6.53. The third-order valence-corrected chi connectivity index (χ3v) is 5.46. The summed E-state index contributed by atoms with van der Waals surface area (Å²) in [6.45, 7) is 0. The molecule has 0 unspecified atom stereocenters. The Morgan fingerprint density at radius 2 is 1.75 bits per heavy atom. The Morgan fingerprint density at radius 1 is 0.964 bits per heavy atom. The first-order valence-electron chi connectivity index (χ1n) is 8.84. The van der Waals surface area contributed by atoms with Crippen LogP contribution in [0.25, 0.3) is 21.8 Å². The summed E-state index contributed by atoms with van der Waals surface area (Å²) < 4.78 is 0. The van der Waals surface area contributed by atoms with Crippen molar-refractivity contribution < 1.29 is 4.79 Å². The number of amides is 1. The molecule has 5 heteroatoms. The molecule has 0 fully saturated rings. The minimum absolute atomic E-state index is 0.0432. The first-order chi connectivity index (χ1) is 13.7. The molecule has 3 nitrogen and oxygen atoms in total. The maximum Gasteiger partial charge on any atom is 0.228 e. The molecule has 4 aromatic rings. The van der Waals surface area contributed by atoms with E-state index in [9.17, 15) is 4.79 Å². The lowest BCUT2D eigenvalue weighted by Crippen LogP contribution is -2.14. The van der Waals surface area contributed by atoms with Crippen LogP contribution in [-0.2, 0) is 11.2 Å². The standard InChI is InChI=1S/C23H17ClN2OS/c24-20-12-5-4-11-19(20)23-26-21(15-28-23)17-9-6-10-18(14-17)25-22(27)13-16-7-2-1-3-8-16/h1-12,14-15H,13H2,(H,25,27). The van der Waals surface area contributed by atoms with Gasteiger partial charge in [-0.25, -0.2) is 4.98 Å². The number of halogens is 1. The van der Waals surface area contributed by atoms with Crippen molar-refractivity contribution in [2.24, 2.45) is 0 Å². The van der Waals surface area contributed by atoms with E-state index in [0.29, 0.717) is 11.4 Å². The Bertz CT molecular complexity index is 1110. The van der Waals surface area contributed by atoms with Crippen LogP contribution in [0.4, 0.5) is 5.69 Å². The largest absolute Gasteiger partial charge is 0.326 e. The zero-order valence-electron chi connectivity index (χ0n) is 14.9. The van der Waals surface area contributed by atoms with Crippen molar-refractivity contribution in [3.63, 3.8) is 0 Å². The monoisotopic (exact) mass is 404 g/mol. The molecule has 138 valence electrons. The molecule has 0 saturated heterocycles. The van der Waals surface area contributed by atoms with Crippen molar-refractivity contribution in [2.75, 3.05) is 5.32 Å². The molecule has 28 heavy (non-hydrogen) atoms. The van der Waals surface area contributed by atoms with E-state index in [-0.39, 0.29) is 5.91 Å². The summed E-state index contributed by atoms with van der Waals surface area (Å²) in [6, 6.07) is 25.1. The summed E-state index contributed by atoms with van der Waals surface area (Å²) >= 11 is 7.83. The number of nitrogens with one attached hydrogen (secondary N) is 1. The topological polar surface area (TPSA) is 42.0 Å². The molecule has 4 rings (SSSR count). The molecule has 1 N–H and O–H groups in total. The van der Waals surface area contributed by atoms with Gasteiger partial charge in [0.25, 0.3) is 0 Å². The van der Waals surface area contributed by atoms with Crippen LogP contribution >= 0.6 is 22.9 Å². The molecule has 0 radical (unpaired) electrons. The fraction of sp³-hybridized carbons (Fsp3) is 0.0435. The van der Waals surface area contributed by atoms with Gasteiger partial charge in [0.1, 0.15) is 5.01 Å². The average molecular weight is 405 g/mol. The Hall–Kier alpha value is -2.95. The molecule has 1 heterocycles. The fourth-order valence-electron chi connectivity index (χ4n) is 2.91. The second-order valence-corrected chi connectivity index (χ2v) is 7.57. The summed E-state index contributed by atoms with van der Waals surface area (Å²) in [7, 11) is 0. The molecular weight excluding hydrogens is 388 g/mol. The average Bonchev–Trinajstić information content (AvgIpc) is 3.19. The highest BCUT2D eigenvalue weighted by Crippen LogP contribution is 2.33. The molecular formula is C23H17ClN2OS. The van der Waals surface area contributed by atoms with E-state index in [1.54, 1.807) is 11.3 Å². The fourth-order valence-corrected chi connectivity index (χ4v) is 4.06. The van der Waals surface area contributed by atoms with Crippen LogP contribution in [0.1, 0.15) is 5.56 Å². The van der Waals surface area contributed by atoms with Gasteiger partial charge in [-0.2, -0.15) is 0 Å². The zero-order chi connectivity index (χ0) is 19.3. The highest BCUT2D eigenvalue weighted by molar-refractivity contribution is 7.13. The van der Waals surface area contributed by atoms with Crippen molar-refractivity contribution in [3.8, 4) is 21.8 Å². The Balaban J connectivity index is 1.51. The Labute approximate surface area is 172 Å². The third kappa shape index (κ3) is 4.30. The van der Waals surface area contributed by atoms with Gasteiger partial charge in [0.2, 0.25) is 5.91 Å². The maximum atomic E-state index is 12.3. The summed E-state index contributed by atoms with van der Waals surface area (Å²) in [6.07, 6.45) is 0.346. The molecule has 0 aliphatic carbocycles. The number of hydrogen-bond acceptors (Lipinski definition) is 3. The number of thiazole rings is 1. The molecule has 0 aliphatic heterocycles. The van der Waals surface area contributed by atoms with E-state index in [2.05, 4.69) is 5.32 Å². The number of benzene rings is 3. The number of carbonyl (C=O) groups is 1. The normalized spacial score (nSPS) is 10.6. The summed E-state index contributed by atoms with van der Waals surface area (Å²) in [5.74, 6) is -0.0432. The number of aromatic nitrogens is 1. The van der Waals surface area contributed by atoms with Gasteiger partial charge in [-0.15, -0.1) is 11.3 Å². The van der Waals surface area contributed by atoms with Gasteiger partial charge in [0, 0.05) is 22.2 Å². The minimum atomic E-state index is -0.0432. The second kappa shape index (κ2) is 8.38. The van der Waals surface area contributed by atoms with Crippen LogP contribution in [0.5, 0.6) is 0 Å². The Kier molecular flexibility index (Phi) is 5.51. The first-order valence-corrected chi connectivity index (χ1v) is 10.1. The molecule has 3 aromatic carbocycles.